The summed E-state index contributed by atoms with van der Waals surface area (Å²) >= 11 is 0. The minimum atomic E-state index is -1.05. The van der Waals surface area contributed by atoms with Gasteiger partial charge in [-0.2, -0.15) is 0 Å². The number of nitrogens with one attached hydrogen (secondary N) is 2. The van der Waals surface area contributed by atoms with Crippen LogP contribution in [0.4, 0.5) is 11.6 Å². The van der Waals surface area contributed by atoms with Gasteiger partial charge in [-0.05, 0) is 18.6 Å². The zero-order valence-corrected chi connectivity index (χ0v) is 14.5. The Hall–Kier alpha value is -3.04. The van der Waals surface area contributed by atoms with Crippen LogP contribution in [0.15, 0.2) is 42.7 Å². The maximum Gasteiger partial charge on any atom is 0.329 e. The molecule has 142 valence electrons. The molecule has 1 aliphatic rings. The van der Waals surface area contributed by atoms with Crippen LogP contribution in [0.25, 0.3) is 0 Å². The maximum absolute atomic E-state index is 12.4. The van der Waals surface area contributed by atoms with E-state index < -0.39 is 24.7 Å². The van der Waals surface area contributed by atoms with Crippen molar-refractivity contribution in [3.8, 4) is 0 Å². The molecule has 0 unspecified atom stereocenters. The van der Waals surface area contributed by atoms with Gasteiger partial charge in [-0.1, -0.05) is 18.2 Å². The lowest BCUT2D eigenvalue weighted by atomic mass is 10.1. The van der Waals surface area contributed by atoms with Crippen LogP contribution in [0.3, 0.4) is 0 Å². The van der Waals surface area contributed by atoms with E-state index in [4.69, 9.17) is 14.6 Å². The number of benzene rings is 1. The zero-order valence-electron chi connectivity index (χ0n) is 14.5. The molecule has 1 saturated heterocycles. The molecular weight excluding hydrogens is 352 g/mol. The fraction of sp³-hybridized carbons (Fsp3) is 0.333. The lowest BCUT2D eigenvalue weighted by molar-refractivity contribution is -0.147. The third-order valence-corrected chi connectivity index (χ3v) is 3.97. The average molecular weight is 372 g/mol. The molecule has 3 rings (SSSR count). The number of carbonyl (C=O) groups is 2. The number of aromatic nitrogens is 2. The first-order valence-electron chi connectivity index (χ1n) is 8.48. The Morgan fingerprint density at radius 2 is 1.96 bits per heavy atom. The fourth-order valence-electron chi connectivity index (χ4n) is 2.64. The number of carboxylic acids is 1. The van der Waals surface area contributed by atoms with Crippen LogP contribution in [-0.4, -0.2) is 58.9 Å². The fourth-order valence-corrected chi connectivity index (χ4v) is 2.64. The number of ether oxygens (including phenoxy) is 2. The molecule has 9 nitrogen and oxygen atoms in total. The molecule has 0 spiro atoms. The molecule has 3 N–H and O–H groups in total. The molecule has 2 aromatic rings. The minimum absolute atomic E-state index is 0.254. The smallest absolute Gasteiger partial charge is 0.329 e. The van der Waals surface area contributed by atoms with E-state index in [1.54, 1.807) is 0 Å². The van der Waals surface area contributed by atoms with Crippen LogP contribution in [-0.2, 0) is 14.3 Å². The number of carboxylic acid groups (broad SMARTS) is 1. The summed E-state index contributed by atoms with van der Waals surface area (Å²) in [5.74, 6) is -1.05. The van der Waals surface area contributed by atoms with E-state index in [0.29, 0.717) is 19.0 Å². The first-order chi connectivity index (χ1) is 13.1. The number of anilines is 2. The predicted octanol–water partition coefficient (Wildman–Crippen LogP) is 1.21. The Balaban J connectivity index is 1.58. The summed E-state index contributed by atoms with van der Waals surface area (Å²) in [5, 5.41) is 14.6. The van der Waals surface area contributed by atoms with Crippen molar-refractivity contribution < 1.29 is 24.2 Å². The highest BCUT2D eigenvalue weighted by Gasteiger charge is 2.29. The van der Waals surface area contributed by atoms with Gasteiger partial charge in [0.1, 0.15) is 6.61 Å². The summed E-state index contributed by atoms with van der Waals surface area (Å²) < 4.78 is 10.7. The molecule has 9 heteroatoms. The third kappa shape index (κ3) is 5.47. The van der Waals surface area contributed by atoms with Crippen LogP contribution in [0.5, 0.6) is 0 Å². The van der Waals surface area contributed by atoms with E-state index in [-0.39, 0.29) is 18.1 Å². The number of para-hydroxylation sites is 1. The van der Waals surface area contributed by atoms with Crippen LogP contribution in [0.1, 0.15) is 16.8 Å². The molecule has 0 saturated carbocycles. The molecular formula is C18H20N4O5. The van der Waals surface area contributed by atoms with Gasteiger partial charge in [0.2, 0.25) is 5.95 Å². The van der Waals surface area contributed by atoms with E-state index in [1.807, 2.05) is 30.3 Å². The standard InChI is InChI=1S/C18H20N4O5/c23-16(24)11-27-15-6-7-26-10-14(15)22-17(25)12-8-19-18(20-9-12)21-13-4-2-1-3-5-13/h1-5,8-9,14-15H,6-7,10-11H2,(H,22,25)(H,23,24)(H,19,20,21)/t14-,15+/m1/s1. The number of rotatable bonds is 7. The van der Waals surface area contributed by atoms with Crippen LogP contribution in [0, 0.1) is 0 Å². The molecule has 2 heterocycles. The normalized spacial score (nSPS) is 19.3. The topological polar surface area (TPSA) is 123 Å². The second kappa shape index (κ2) is 9.06. The van der Waals surface area contributed by atoms with Gasteiger partial charge in [-0.3, -0.25) is 4.79 Å². The highest BCUT2D eigenvalue weighted by Crippen LogP contribution is 2.14. The second-order valence-corrected chi connectivity index (χ2v) is 5.97. The van der Waals surface area contributed by atoms with Crippen LogP contribution in [0.2, 0.25) is 0 Å². The van der Waals surface area contributed by atoms with Crippen LogP contribution >= 0.6 is 0 Å². The van der Waals surface area contributed by atoms with E-state index >= 15 is 0 Å². The van der Waals surface area contributed by atoms with Crippen molar-refractivity contribution in [1.82, 2.24) is 15.3 Å². The number of carbonyl (C=O) groups excluding carboxylic acids is 1. The molecule has 0 radical (unpaired) electrons. The average Bonchev–Trinajstić information content (AvgIpc) is 2.68. The van der Waals surface area contributed by atoms with Crippen molar-refractivity contribution in [2.45, 2.75) is 18.6 Å². The van der Waals surface area contributed by atoms with E-state index in [1.165, 1.54) is 12.4 Å². The van der Waals surface area contributed by atoms with Crippen molar-refractivity contribution in [2.24, 2.45) is 0 Å². The van der Waals surface area contributed by atoms with E-state index in [9.17, 15) is 9.59 Å². The van der Waals surface area contributed by atoms with Gasteiger partial charge in [-0.15, -0.1) is 0 Å². The van der Waals surface area contributed by atoms with Crippen molar-refractivity contribution in [1.29, 1.82) is 0 Å². The van der Waals surface area contributed by atoms with Gasteiger partial charge in [0.25, 0.3) is 5.91 Å². The Morgan fingerprint density at radius 3 is 2.67 bits per heavy atom. The highest BCUT2D eigenvalue weighted by atomic mass is 16.5. The summed E-state index contributed by atoms with van der Waals surface area (Å²) in [6, 6.07) is 9.00. The molecule has 1 aromatic carbocycles. The van der Waals surface area contributed by atoms with Crippen molar-refractivity contribution in [2.75, 3.05) is 25.1 Å². The maximum atomic E-state index is 12.4. The number of hydrogen-bond acceptors (Lipinski definition) is 7. The Kier molecular flexibility index (Phi) is 6.29. The van der Waals surface area contributed by atoms with Gasteiger partial charge in [-0.25, -0.2) is 14.8 Å². The van der Waals surface area contributed by atoms with Crippen LogP contribution < -0.4 is 10.6 Å². The number of aliphatic carboxylic acids is 1. The van der Waals surface area contributed by atoms with Gasteiger partial charge in [0, 0.05) is 24.7 Å². The van der Waals surface area contributed by atoms with Gasteiger partial charge >= 0.3 is 5.97 Å². The predicted molar refractivity (Wildman–Crippen MR) is 95.8 cm³/mol. The number of nitrogens with zero attached hydrogens (tertiary/aromatic N) is 2. The summed E-state index contributed by atoms with van der Waals surface area (Å²) in [7, 11) is 0. The van der Waals surface area contributed by atoms with Crippen molar-refractivity contribution >= 4 is 23.5 Å². The lowest BCUT2D eigenvalue weighted by Gasteiger charge is -2.31. The summed E-state index contributed by atoms with van der Waals surface area (Å²) in [5.41, 5.74) is 1.13. The molecule has 1 aromatic heterocycles. The lowest BCUT2D eigenvalue weighted by Crippen LogP contribution is -2.51. The summed E-state index contributed by atoms with van der Waals surface area (Å²) in [6.45, 7) is 0.296. The Labute approximate surface area is 155 Å². The first kappa shape index (κ1) is 18.7. The van der Waals surface area contributed by atoms with Gasteiger partial charge in [0.15, 0.2) is 0 Å². The van der Waals surface area contributed by atoms with E-state index in [0.717, 1.165) is 5.69 Å². The molecule has 1 amide bonds. The largest absolute Gasteiger partial charge is 0.480 e. The molecule has 2 atom stereocenters. The monoisotopic (exact) mass is 372 g/mol. The minimum Gasteiger partial charge on any atom is -0.480 e. The molecule has 1 fully saturated rings. The third-order valence-electron chi connectivity index (χ3n) is 3.97. The van der Waals surface area contributed by atoms with Crippen molar-refractivity contribution in [3.63, 3.8) is 0 Å². The van der Waals surface area contributed by atoms with Crippen molar-refractivity contribution in [3.05, 3.63) is 48.3 Å². The summed E-state index contributed by atoms with van der Waals surface area (Å²) in [6.07, 6.45) is 2.93. The first-order valence-corrected chi connectivity index (χ1v) is 8.48. The highest BCUT2D eigenvalue weighted by molar-refractivity contribution is 5.94. The molecule has 0 bridgehead atoms. The van der Waals surface area contributed by atoms with Gasteiger partial charge < -0.3 is 25.2 Å². The SMILES string of the molecule is O=C(O)CO[C@H]1CCOC[C@H]1NC(=O)c1cnc(Nc2ccccc2)nc1. The molecule has 1 aliphatic heterocycles. The quantitative estimate of drug-likeness (QED) is 0.663. The Morgan fingerprint density at radius 1 is 1.22 bits per heavy atom. The number of amides is 1. The molecule has 0 aliphatic carbocycles. The van der Waals surface area contributed by atoms with E-state index in [2.05, 4.69) is 20.6 Å². The summed E-state index contributed by atoms with van der Waals surface area (Å²) in [4.78, 5) is 31.4. The second-order valence-electron chi connectivity index (χ2n) is 5.97. The zero-order chi connectivity index (χ0) is 19.1. The van der Waals surface area contributed by atoms with Gasteiger partial charge in [0.05, 0.1) is 24.3 Å². The molecule has 27 heavy (non-hydrogen) atoms. The number of hydrogen-bond donors (Lipinski definition) is 3. The Bertz CT molecular complexity index is 769.